The number of carbonyl (C=O) groups excluding carboxylic acids is 1. The van der Waals surface area contributed by atoms with Crippen LogP contribution in [0.2, 0.25) is 0 Å². The zero-order valence-electron chi connectivity index (χ0n) is 15.1. The molecule has 1 amide bonds. The minimum atomic E-state index is 0.113. The van der Waals surface area contributed by atoms with Crippen molar-refractivity contribution in [2.45, 2.75) is 46.2 Å². The van der Waals surface area contributed by atoms with E-state index in [1.54, 1.807) is 0 Å². The van der Waals surface area contributed by atoms with Crippen molar-refractivity contribution in [3.05, 3.63) is 65.7 Å². The molecular weight excluding hydrogens is 296 g/mol. The molecule has 0 aliphatic rings. The first-order chi connectivity index (χ1) is 11.5. The smallest absolute Gasteiger partial charge is 0.242 e. The maximum atomic E-state index is 12.6. The van der Waals surface area contributed by atoms with Crippen molar-refractivity contribution >= 4 is 11.6 Å². The topological polar surface area (TPSA) is 32.3 Å². The van der Waals surface area contributed by atoms with Gasteiger partial charge in [0, 0.05) is 18.3 Å². The molecule has 24 heavy (non-hydrogen) atoms. The van der Waals surface area contributed by atoms with E-state index in [9.17, 15) is 4.79 Å². The molecule has 3 nitrogen and oxygen atoms in total. The van der Waals surface area contributed by atoms with Crippen molar-refractivity contribution in [2.24, 2.45) is 0 Å². The van der Waals surface area contributed by atoms with Crippen LogP contribution in [0.15, 0.2) is 54.6 Å². The van der Waals surface area contributed by atoms with Crippen LogP contribution in [0.5, 0.6) is 0 Å². The highest BCUT2D eigenvalue weighted by Crippen LogP contribution is 2.17. The number of carbonyl (C=O) groups is 1. The lowest BCUT2D eigenvalue weighted by atomic mass is 10.0. The van der Waals surface area contributed by atoms with Crippen LogP contribution in [-0.2, 0) is 11.3 Å². The second-order valence-corrected chi connectivity index (χ2v) is 6.73. The molecule has 0 spiro atoms. The summed E-state index contributed by atoms with van der Waals surface area (Å²) in [4.78, 5) is 14.5. The lowest BCUT2D eigenvalue weighted by molar-refractivity contribution is -0.131. The van der Waals surface area contributed by atoms with Gasteiger partial charge in [-0.25, -0.2) is 0 Å². The van der Waals surface area contributed by atoms with Crippen molar-refractivity contribution in [3.63, 3.8) is 0 Å². The SMILES string of the molecule is CC(C)c1ccc(NCC(=O)N(Cc2ccccc2)C(C)C)cc1. The lowest BCUT2D eigenvalue weighted by Gasteiger charge is -2.27. The first-order valence-electron chi connectivity index (χ1n) is 8.64. The van der Waals surface area contributed by atoms with Crippen molar-refractivity contribution in [1.82, 2.24) is 4.90 Å². The van der Waals surface area contributed by atoms with Gasteiger partial charge >= 0.3 is 0 Å². The van der Waals surface area contributed by atoms with Crippen molar-refractivity contribution < 1.29 is 4.79 Å². The number of amides is 1. The molecule has 2 rings (SSSR count). The molecule has 1 N–H and O–H groups in total. The number of benzene rings is 2. The van der Waals surface area contributed by atoms with Gasteiger partial charge in [0.1, 0.15) is 0 Å². The number of anilines is 1. The Morgan fingerprint density at radius 1 is 0.958 bits per heavy atom. The second kappa shape index (κ2) is 8.53. The van der Waals surface area contributed by atoms with Gasteiger partial charge in [-0.2, -0.15) is 0 Å². The Kier molecular flexibility index (Phi) is 6.42. The molecule has 0 atom stereocenters. The van der Waals surface area contributed by atoms with E-state index in [4.69, 9.17) is 0 Å². The van der Waals surface area contributed by atoms with E-state index in [-0.39, 0.29) is 11.9 Å². The molecule has 2 aromatic rings. The van der Waals surface area contributed by atoms with E-state index in [1.165, 1.54) is 5.56 Å². The van der Waals surface area contributed by atoms with E-state index in [0.717, 1.165) is 11.3 Å². The van der Waals surface area contributed by atoms with Crippen LogP contribution < -0.4 is 5.32 Å². The van der Waals surface area contributed by atoms with E-state index in [1.807, 2.05) is 35.2 Å². The van der Waals surface area contributed by atoms with Crippen molar-refractivity contribution in [1.29, 1.82) is 0 Å². The van der Waals surface area contributed by atoms with Gasteiger partial charge in [0.05, 0.1) is 6.54 Å². The maximum Gasteiger partial charge on any atom is 0.242 e. The number of nitrogens with one attached hydrogen (secondary N) is 1. The predicted molar refractivity (Wildman–Crippen MR) is 101 cm³/mol. The second-order valence-electron chi connectivity index (χ2n) is 6.73. The van der Waals surface area contributed by atoms with E-state index in [0.29, 0.717) is 19.0 Å². The monoisotopic (exact) mass is 324 g/mol. The molecular formula is C21H28N2O. The largest absolute Gasteiger partial charge is 0.376 e. The molecule has 0 aliphatic heterocycles. The third kappa shape index (κ3) is 5.12. The zero-order valence-corrected chi connectivity index (χ0v) is 15.1. The highest BCUT2D eigenvalue weighted by Gasteiger charge is 2.17. The summed E-state index contributed by atoms with van der Waals surface area (Å²) < 4.78 is 0. The molecule has 128 valence electrons. The Hall–Kier alpha value is -2.29. The van der Waals surface area contributed by atoms with Crippen LogP contribution >= 0.6 is 0 Å². The maximum absolute atomic E-state index is 12.6. The third-order valence-electron chi connectivity index (χ3n) is 4.16. The Labute approximate surface area is 145 Å². The van der Waals surface area contributed by atoms with E-state index >= 15 is 0 Å². The molecule has 0 unspecified atom stereocenters. The average Bonchev–Trinajstić information content (AvgIpc) is 2.58. The fraction of sp³-hybridized carbons (Fsp3) is 0.381. The molecule has 0 aromatic heterocycles. The molecule has 2 aromatic carbocycles. The van der Waals surface area contributed by atoms with Crippen LogP contribution in [0.3, 0.4) is 0 Å². The van der Waals surface area contributed by atoms with Crippen LogP contribution in [0, 0.1) is 0 Å². The fourth-order valence-electron chi connectivity index (χ4n) is 2.60. The summed E-state index contributed by atoms with van der Waals surface area (Å²) in [5.74, 6) is 0.629. The summed E-state index contributed by atoms with van der Waals surface area (Å²) in [5.41, 5.74) is 3.44. The normalized spacial score (nSPS) is 10.9. The molecule has 0 radical (unpaired) electrons. The van der Waals surface area contributed by atoms with Gasteiger partial charge in [-0.05, 0) is 43.0 Å². The van der Waals surface area contributed by atoms with Crippen molar-refractivity contribution in [2.75, 3.05) is 11.9 Å². The Bertz CT molecular complexity index is 633. The average molecular weight is 324 g/mol. The van der Waals surface area contributed by atoms with E-state index in [2.05, 4.69) is 57.3 Å². The van der Waals surface area contributed by atoms with Gasteiger partial charge < -0.3 is 10.2 Å². The zero-order chi connectivity index (χ0) is 17.5. The van der Waals surface area contributed by atoms with Gasteiger partial charge in [0.2, 0.25) is 5.91 Å². The third-order valence-corrected chi connectivity index (χ3v) is 4.16. The number of hydrogen-bond donors (Lipinski definition) is 1. The summed E-state index contributed by atoms with van der Waals surface area (Å²) in [6.07, 6.45) is 0. The highest BCUT2D eigenvalue weighted by molar-refractivity contribution is 5.81. The molecule has 0 saturated carbocycles. The first-order valence-corrected chi connectivity index (χ1v) is 8.64. The minimum Gasteiger partial charge on any atom is -0.376 e. The Morgan fingerprint density at radius 2 is 1.58 bits per heavy atom. The van der Waals surface area contributed by atoms with E-state index < -0.39 is 0 Å². The minimum absolute atomic E-state index is 0.113. The van der Waals surface area contributed by atoms with Gasteiger partial charge in [0.25, 0.3) is 0 Å². The summed E-state index contributed by atoms with van der Waals surface area (Å²) >= 11 is 0. The Balaban J connectivity index is 1.95. The molecule has 0 aliphatic carbocycles. The van der Waals surface area contributed by atoms with Gasteiger partial charge in [-0.3, -0.25) is 4.79 Å². The van der Waals surface area contributed by atoms with Gasteiger partial charge in [-0.15, -0.1) is 0 Å². The summed E-state index contributed by atoms with van der Waals surface area (Å²) in [7, 11) is 0. The van der Waals surface area contributed by atoms with Gasteiger partial charge in [0.15, 0.2) is 0 Å². The number of hydrogen-bond acceptors (Lipinski definition) is 2. The van der Waals surface area contributed by atoms with Crippen LogP contribution in [0.1, 0.15) is 44.7 Å². The predicted octanol–water partition coefficient (Wildman–Crippen LogP) is 4.66. The summed E-state index contributed by atoms with van der Waals surface area (Å²) in [6, 6.07) is 18.6. The van der Waals surface area contributed by atoms with Crippen LogP contribution in [0.25, 0.3) is 0 Å². The fourth-order valence-corrected chi connectivity index (χ4v) is 2.60. The summed E-state index contributed by atoms with van der Waals surface area (Å²) in [5, 5.41) is 3.24. The number of rotatable bonds is 7. The Morgan fingerprint density at radius 3 is 2.12 bits per heavy atom. The standard InChI is InChI=1S/C21H28N2O/c1-16(2)19-10-12-20(13-11-19)22-14-21(24)23(17(3)4)15-18-8-6-5-7-9-18/h5-13,16-17,22H,14-15H2,1-4H3. The molecule has 0 fully saturated rings. The molecule has 0 saturated heterocycles. The number of nitrogens with zero attached hydrogens (tertiary/aromatic N) is 1. The summed E-state index contributed by atoms with van der Waals surface area (Å²) in [6.45, 7) is 9.42. The van der Waals surface area contributed by atoms with Crippen LogP contribution in [0.4, 0.5) is 5.69 Å². The molecule has 0 heterocycles. The molecule has 3 heteroatoms. The highest BCUT2D eigenvalue weighted by atomic mass is 16.2. The lowest BCUT2D eigenvalue weighted by Crippen LogP contribution is -2.39. The quantitative estimate of drug-likeness (QED) is 0.803. The van der Waals surface area contributed by atoms with Crippen LogP contribution in [-0.4, -0.2) is 23.4 Å². The van der Waals surface area contributed by atoms with Crippen molar-refractivity contribution in [3.8, 4) is 0 Å². The first kappa shape index (κ1) is 18.1. The molecule has 0 bridgehead atoms. The van der Waals surface area contributed by atoms with Gasteiger partial charge in [-0.1, -0.05) is 56.3 Å².